The van der Waals surface area contributed by atoms with Gasteiger partial charge in [-0.05, 0) is 90.6 Å². The van der Waals surface area contributed by atoms with Gasteiger partial charge in [0.05, 0.1) is 11.3 Å². The van der Waals surface area contributed by atoms with E-state index in [-0.39, 0.29) is 24.7 Å². The molecule has 172 valence electrons. The van der Waals surface area contributed by atoms with Crippen molar-refractivity contribution in [2.75, 3.05) is 23.3 Å². The smallest absolute Gasteiger partial charge is 0.258 e. The number of rotatable bonds is 5. The highest BCUT2D eigenvalue weighted by Crippen LogP contribution is 2.54. The first kappa shape index (κ1) is 22.1. The Labute approximate surface area is 201 Å². The molecule has 3 fully saturated rings. The summed E-state index contributed by atoms with van der Waals surface area (Å²) >= 11 is 2.29. The van der Waals surface area contributed by atoms with Gasteiger partial charge in [-0.25, -0.2) is 8.78 Å². The second-order valence-corrected chi connectivity index (χ2v) is 11.1. The standard InChI is InChI=1S/C24H29F2IN4O/c25-24(26)6-3-17(4-7-24)16-31-12-5-21(29-31)28-22(32)19-2-1-18(27)15-20(19)30-13-10-23(8-9-23)11-14-30/h1-2,5,12,15,17H,3-4,6-11,13-14,16H2,(H,28,29,32). The minimum Gasteiger partial charge on any atom is -0.371 e. The maximum absolute atomic E-state index is 13.4. The number of benzene rings is 1. The van der Waals surface area contributed by atoms with E-state index < -0.39 is 5.92 Å². The lowest BCUT2D eigenvalue weighted by molar-refractivity contribution is -0.0476. The highest BCUT2D eigenvalue weighted by molar-refractivity contribution is 14.1. The molecule has 0 bridgehead atoms. The fourth-order valence-electron chi connectivity index (χ4n) is 5.12. The van der Waals surface area contributed by atoms with Crippen LogP contribution in [-0.4, -0.2) is 34.7 Å². The maximum atomic E-state index is 13.4. The maximum Gasteiger partial charge on any atom is 0.258 e. The monoisotopic (exact) mass is 554 g/mol. The molecule has 2 saturated carbocycles. The average Bonchev–Trinajstić information content (AvgIpc) is 3.37. The van der Waals surface area contributed by atoms with Gasteiger partial charge in [-0.15, -0.1) is 0 Å². The predicted molar refractivity (Wildman–Crippen MR) is 129 cm³/mol. The zero-order valence-corrected chi connectivity index (χ0v) is 20.3. The molecule has 2 aromatic rings. The van der Waals surface area contributed by atoms with E-state index in [1.807, 2.05) is 18.3 Å². The summed E-state index contributed by atoms with van der Waals surface area (Å²) in [6.45, 7) is 2.60. The van der Waals surface area contributed by atoms with Crippen molar-refractivity contribution in [3.05, 3.63) is 39.6 Å². The normalized spacial score (nSPS) is 22.2. The van der Waals surface area contributed by atoms with Crippen molar-refractivity contribution in [3.63, 3.8) is 0 Å². The average molecular weight is 554 g/mol. The Hall–Kier alpha value is -1.71. The van der Waals surface area contributed by atoms with E-state index >= 15 is 0 Å². The number of nitrogens with zero attached hydrogens (tertiary/aromatic N) is 3. The quantitative estimate of drug-likeness (QED) is 0.466. The third-order valence-electron chi connectivity index (χ3n) is 7.49. The lowest BCUT2D eigenvalue weighted by Crippen LogP contribution is -2.35. The summed E-state index contributed by atoms with van der Waals surface area (Å²) in [6.07, 6.45) is 7.87. The Morgan fingerprint density at radius 1 is 1.09 bits per heavy atom. The zero-order chi connectivity index (χ0) is 22.3. The van der Waals surface area contributed by atoms with Gasteiger partial charge in [0.1, 0.15) is 0 Å². The van der Waals surface area contributed by atoms with Gasteiger partial charge < -0.3 is 10.2 Å². The van der Waals surface area contributed by atoms with Crippen LogP contribution < -0.4 is 10.2 Å². The summed E-state index contributed by atoms with van der Waals surface area (Å²) in [5, 5.41) is 7.41. The Morgan fingerprint density at radius 3 is 2.50 bits per heavy atom. The predicted octanol–water partition coefficient (Wildman–Crippen LogP) is 5.95. The van der Waals surface area contributed by atoms with E-state index in [0.717, 1.165) is 22.3 Å². The number of aromatic nitrogens is 2. The van der Waals surface area contributed by atoms with Crippen molar-refractivity contribution >= 4 is 40.0 Å². The molecule has 0 atom stereocenters. The molecule has 1 aromatic heterocycles. The number of anilines is 2. The van der Waals surface area contributed by atoms with Crippen molar-refractivity contribution in [2.45, 2.75) is 63.8 Å². The Kier molecular flexibility index (Phi) is 5.92. The molecule has 1 aliphatic heterocycles. The lowest BCUT2D eigenvalue weighted by Gasteiger charge is -2.35. The molecule has 1 spiro atoms. The van der Waals surface area contributed by atoms with Gasteiger partial charge in [-0.1, -0.05) is 0 Å². The Morgan fingerprint density at radius 2 is 1.81 bits per heavy atom. The van der Waals surface area contributed by atoms with Crippen LogP contribution >= 0.6 is 22.6 Å². The van der Waals surface area contributed by atoms with Gasteiger partial charge in [0.15, 0.2) is 5.82 Å². The molecule has 0 unspecified atom stereocenters. The summed E-state index contributed by atoms with van der Waals surface area (Å²) in [5.74, 6) is -1.98. The molecule has 1 saturated heterocycles. The second kappa shape index (κ2) is 8.57. The summed E-state index contributed by atoms with van der Waals surface area (Å²) in [6, 6.07) is 7.73. The van der Waals surface area contributed by atoms with Crippen LogP contribution in [0.3, 0.4) is 0 Å². The lowest BCUT2D eigenvalue weighted by atomic mass is 9.87. The number of piperidine rings is 1. The third kappa shape index (κ3) is 4.94. The highest BCUT2D eigenvalue weighted by atomic mass is 127. The molecule has 1 aromatic carbocycles. The number of hydrogen-bond acceptors (Lipinski definition) is 3. The minimum absolute atomic E-state index is 0.0459. The van der Waals surface area contributed by atoms with E-state index in [0.29, 0.717) is 36.2 Å². The summed E-state index contributed by atoms with van der Waals surface area (Å²) in [5.41, 5.74) is 2.25. The fourth-order valence-corrected chi connectivity index (χ4v) is 5.59. The molecule has 0 radical (unpaired) electrons. The third-order valence-corrected chi connectivity index (χ3v) is 8.16. The first-order valence-corrected chi connectivity index (χ1v) is 12.7. The van der Waals surface area contributed by atoms with Gasteiger partial charge in [-0.3, -0.25) is 9.48 Å². The summed E-state index contributed by atoms with van der Waals surface area (Å²) < 4.78 is 29.6. The van der Waals surface area contributed by atoms with E-state index in [2.05, 4.69) is 44.0 Å². The number of hydrogen-bond donors (Lipinski definition) is 1. The molecular formula is C24H29F2IN4O. The Balaban J connectivity index is 1.24. The Bertz CT molecular complexity index is 984. The van der Waals surface area contributed by atoms with Crippen LogP contribution in [0, 0.1) is 14.9 Å². The van der Waals surface area contributed by atoms with Gasteiger partial charge in [0, 0.05) is 48.3 Å². The molecule has 3 aliphatic rings. The van der Waals surface area contributed by atoms with Crippen LogP contribution in [0.15, 0.2) is 30.5 Å². The molecule has 2 heterocycles. The molecule has 1 N–H and O–H groups in total. The first-order chi connectivity index (χ1) is 15.3. The molecule has 32 heavy (non-hydrogen) atoms. The number of amides is 1. The number of carbonyl (C=O) groups is 1. The summed E-state index contributed by atoms with van der Waals surface area (Å²) in [4.78, 5) is 15.5. The van der Waals surface area contributed by atoms with E-state index in [1.54, 1.807) is 10.7 Å². The minimum atomic E-state index is -2.52. The number of alkyl halides is 2. The van der Waals surface area contributed by atoms with Crippen molar-refractivity contribution < 1.29 is 13.6 Å². The second-order valence-electron chi connectivity index (χ2n) is 9.82. The molecule has 5 rings (SSSR count). The summed E-state index contributed by atoms with van der Waals surface area (Å²) in [7, 11) is 0. The topological polar surface area (TPSA) is 50.2 Å². The van der Waals surface area contributed by atoms with Crippen molar-refractivity contribution in [3.8, 4) is 0 Å². The number of carbonyl (C=O) groups excluding carboxylic acids is 1. The van der Waals surface area contributed by atoms with Crippen molar-refractivity contribution in [1.29, 1.82) is 0 Å². The zero-order valence-electron chi connectivity index (χ0n) is 18.1. The largest absolute Gasteiger partial charge is 0.371 e. The van der Waals surface area contributed by atoms with Gasteiger partial charge in [0.25, 0.3) is 5.91 Å². The molecule has 8 heteroatoms. The molecule has 1 amide bonds. The van der Waals surface area contributed by atoms with Gasteiger partial charge in [-0.2, -0.15) is 5.10 Å². The van der Waals surface area contributed by atoms with Crippen LogP contribution in [0.1, 0.15) is 61.7 Å². The van der Waals surface area contributed by atoms with Crippen molar-refractivity contribution in [2.24, 2.45) is 11.3 Å². The van der Waals surface area contributed by atoms with Crippen LogP contribution in [-0.2, 0) is 6.54 Å². The number of halogens is 3. The first-order valence-electron chi connectivity index (χ1n) is 11.6. The van der Waals surface area contributed by atoms with Crippen LogP contribution in [0.5, 0.6) is 0 Å². The van der Waals surface area contributed by atoms with Gasteiger partial charge in [0.2, 0.25) is 5.92 Å². The van der Waals surface area contributed by atoms with Crippen LogP contribution in [0.4, 0.5) is 20.3 Å². The fraction of sp³-hybridized carbons (Fsp3) is 0.583. The van der Waals surface area contributed by atoms with Gasteiger partial charge >= 0.3 is 0 Å². The molecular weight excluding hydrogens is 525 g/mol. The van der Waals surface area contributed by atoms with E-state index in [1.165, 1.54) is 25.7 Å². The van der Waals surface area contributed by atoms with Crippen LogP contribution in [0.25, 0.3) is 0 Å². The van der Waals surface area contributed by atoms with Crippen molar-refractivity contribution in [1.82, 2.24) is 9.78 Å². The SMILES string of the molecule is O=C(Nc1ccn(CC2CCC(F)(F)CC2)n1)c1ccc(I)cc1N1CCC2(CC1)CC2. The van der Waals surface area contributed by atoms with E-state index in [9.17, 15) is 13.6 Å². The number of nitrogens with one attached hydrogen (secondary N) is 1. The highest BCUT2D eigenvalue weighted by Gasteiger charge is 2.44. The molecule has 5 nitrogen and oxygen atoms in total. The molecule has 2 aliphatic carbocycles. The van der Waals surface area contributed by atoms with Crippen LogP contribution in [0.2, 0.25) is 0 Å². The van der Waals surface area contributed by atoms with E-state index in [4.69, 9.17) is 0 Å².